The van der Waals surface area contributed by atoms with E-state index in [-0.39, 0.29) is 16.9 Å². The SMILES string of the molecule is O=C(O)c1ccc(Oc2ccc(Oc3ccccc3)cc2)cc1C(=O)O. The highest BCUT2D eigenvalue weighted by Crippen LogP contribution is 2.28. The number of aromatic carboxylic acids is 2. The summed E-state index contributed by atoms with van der Waals surface area (Å²) >= 11 is 0. The molecule has 0 unspecified atom stereocenters. The lowest BCUT2D eigenvalue weighted by Crippen LogP contribution is -2.07. The molecule has 130 valence electrons. The molecule has 3 aromatic rings. The molecule has 0 amide bonds. The van der Waals surface area contributed by atoms with Gasteiger partial charge in [-0.2, -0.15) is 0 Å². The van der Waals surface area contributed by atoms with Crippen LogP contribution in [0, 0.1) is 0 Å². The Morgan fingerprint density at radius 2 is 1.04 bits per heavy atom. The molecule has 0 radical (unpaired) electrons. The number of ether oxygens (including phenoxy) is 2. The number of carbonyl (C=O) groups is 2. The average molecular weight is 350 g/mol. The molecule has 0 aliphatic carbocycles. The minimum absolute atomic E-state index is 0.226. The summed E-state index contributed by atoms with van der Waals surface area (Å²) in [5, 5.41) is 18.2. The Morgan fingerprint density at radius 3 is 1.58 bits per heavy atom. The maximum absolute atomic E-state index is 11.2. The molecule has 3 rings (SSSR count). The van der Waals surface area contributed by atoms with Crippen LogP contribution >= 0.6 is 0 Å². The van der Waals surface area contributed by atoms with Gasteiger partial charge in [-0.15, -0.1) is 0 Å². The molecule has 3 aromatic carbocycles. The summed E-state index contributed by atoms with van der Waals surface area (Å²) in [5.74, 6) is -0.627. The van der Waals surface area contributed by atoms with Crippen LogP contribution in [0.5, 0.6) is 23.0 Å². The number of benzene rings is 3. The zero-order valence-corrected chi connectivity index (χ0v) is 13.5. The van der Waals surface area contributed by atoms with Crippen LogP contribution in [0.4, 0.5) is 0 Å². The first kappa shape index (κ1) is 17.0. The van der Waals surface area contributed by atoms with Gasteiger partial charge in [0.05, 0.1) is 11.1 Å². The highest BCUT2D eigenvalue weighted by atomic mass is 16.5. The third kappa shape index (κ3) is 3.99. The number of rotatable bonds is 6. The predicted molar refractivity (Wildman–Crippen MR) is 93.4 cm³/mol. The summed E-state index contributed by atoms with van der Waals surface area (Å²) in [7, 11) is 0. The first-order chi connectivity index (χ1) is 12.5. The lowest BCUT2D eigenvalue weighted by molar-refractivity contribution is 0.0651. The van der Waals surface area contributed by atoms with E-state index >= 15 is 0 Å². The molecule has 0 spiro atoms. The van der Waals surface area contributed by atoms with Crippen molar-refractivity contribution in [3.8, 4) is 23.0 Å². The van der Waals surface area contributed by atoms with Gasteiger partial charge in [0.15, 0.2) is 0 Å². The normalized spacial score (nSPS) is 10.2. The topological polar surface area (TPSA) is 93.1 Å². The Labute approximate surface area is 148 Å². The Bertz CT molecular complexity index is 932. The fourth-order valence-electron chi connectivity index (χ4n) is 2.29. The van der Waals surface area contributed by atoms with Gasteiger partial charge in [-0.3, -0.25) is 0 Å². The first-order valence-electron chi connectivity index (χ1n) is 7.64. The molecule has 0 saturated heterocycles. The third-order valence-electron chi connectivity index (χ3n) is 3.49. The highest BCUT2D eigenvalue weighted by Gasteiger charge is 2.17. The molecule has 0 fully saturated rings. The number of carboxylic acids is 2. The fraction of sp³-hybridized carbons (Fsp3) is 0. The smallest absolute Gasteiger partial charge is 0.336 e. The van der Waals surface area contributed by atoms with Gasteiger partial charge in [0.2, 0.25) is 0 Å². The summed E-state index contributed by atoms with van der Waals surface area (Å²) < 4.78 is 11.3. The molecule has 0 saturated carbocycles. The second-order valence-corrected chi connectivity index (χ2v) is 5.31. The second kappa shape index (κ2) is 7.40. The molecule has 6 nitrogen and oxygen atoms in total. The molecule has 2 N–H and O–H groups in total. The minimum atomic E-state index is -1.33. The highest BCUT2D eigenvalue weighted by molar-refractivity contribution is 6.02. The van der Waals surface area contributed by atoms with Crippen molar-refractivity contribution in [2.75, 3.05) is 0 Å². The van der Waals surface area contributed by atoms with E-state index in [2.05, 4.69) is 0 Å². The molecule has 0 atom stereocenters. The second-order valence-electron chi connectivity index (χ2n) is 5.31. The number of hydrogen-bond donors (Lipinski definition) is 2. The van der Waals surface area contributed by atoms with Gasteiger partial charge < -0.3 is 19.7 Å². The molecular formula is C20H14O6. The Balaban J connectivity index is 1.76. The number of para-hydroxylation sites is 1. The van der Waals surface area contributed by atoms with E-state index < -0.39 is 11.9 Å². The standard InChI is InChI=1S/C20H14O6/c21-19(22)17-11-10-16(12-18(17)20(23)24)26-15-8-6-14(7-9-15)25-13-4-2-1-3-5-13/h1-12H,(H,21,22)(H,23,24). The van der Waals surface area contributed by atoms with Crippen LogP contribution in [0.25, 0.3) is 0 Å². The van der Waals surface area contributed by atoms with Crippen LogP contribution in [-0.2, 0) is 0 Å². The van der Waals surface area contributed by atoms with Crippen LogP contribution in [0.3, 0.4) is 0 Å². The van der Waals surface area contributed by atoms with Crippen molar-refractivity contribution < 1.29 is 29.3 Å². The van der Waals surface area contributed by atoms with E-state index in [0.717, 1.165) is 0 Å². The third-order valence-corrected chi connectivity index (χ3v) is 3.49. The molecule has 0 aromatic heterocycles. The van der Waals surface area contributed by atoms with Gasteiger partial charge in [0.25, 0.3) is 0 Å². The van der Waals surface area contributed by atoms with Crippen LogP contribution in [-0.4, -0.2) is 22.2 Å². The minimum Gasteiger partial charge on any atom is -0.478 e. The average Bonchev–Trinajstić information content (AvgIpc) is 2.64. The maximum Gasteiger partial charge on any atom is 0.336 e. The van der Waals surface area contributed by atoms with Crippen LogP contribution in [0.15, 0.2) is 72.8 Å². The summed E-state index contributed by atoms with van der Waals surface area (Å²) in [6.45, 7) is 0. The zero-order chi connectivity index (χ0) is 18.5. The monoisotopic (exact) mass is 350 g/mol. The maximum atomic E-state index is 11.2. The van der Waals surface area contributed by atoms with Crippen molar-refractivity contribution in [1.29, 1.82) is 0 Å². The summed E-state index contributed by atoms with van der Waals surface area (Å²) in [6.07, 6.45) is 0. The van der Waals surface area contributed by atoms with Crippen molar-refractivity contribution in [3.05, 3.63) is 83.9 Å². The Kier molecular flexibility index (Phi) is 4.85. The van der Waals surface area contributed by atoms with Crippen LogP contribution < -0.4 is 9.47 Å². The van der Waals surface area contributed by atoms with Crippen LogP contribution in [0.1, 0.15) is 20.7 Å². The lowest BCUT2D eigenvalue weighted by Gasteiger charge is -2.09. The van der Waals surface area contributed by atoms with E-state index in [0.29, 0.717) is 17.2 Å². The Hall–Kier alpha value is -3.80. The molecule has 0 aliphatic rings. The van der Waals surface area contributed by atoms with Crippen molar-refractivity contribution in [1.82, 2.24) is 0 Å². The predicted octanol–water partition coefficient (Wildman–Crippen LogP) is 4.67. The van der Waals surface area contributed by atoms with Gasteiger partial charge in [-0.05, 0) is 54.6 Å². The Morgan fingerprint density at radius 1 is 0.577 bits per heavy atom. The lowest BCUT2D eigenvalue weighted by atomic mass is 10.1. The number of carboxylic acid groups (broad SMARTS) is 2. The number of hydrogen-bond acceptors (Lipinski definition) is 4. The molecular weight excluding hydrogens is 336 g/mol. The van der Waals surface area contributed by atoms with Gasteiger partial charge >= 0.3 is 11.9 Å². The first-order valence-corrected chi connectivity index (χ1v) is 7.64. The van der Waals surface area contributed by atoms with E-state index in [1.807, 2.05) is 30.3 Å². The van der Waals surface area contributed by atoms with Crippen molar-refractivity contribution in [3.63, 3.8) is 0 Å². The van der Waals surface area contributed by atoms with E-state index in [1.165, 1.54) is 18.2 Å². The molecule has 0 heterocycles. The molecule has 0 bridgehead atoms. The summed E-state index contributed by atoms with van der Waals surface area (Å²) in [4.78, 5) is 22.3. The van der Waals surface area contributed by atoms with E-state index in [1.54, 1.807) is 24.3 Å². The van der Waals surface area contributed by atoms with Crippen molar-refractivity contribution >= 4 is 11.9 Å². The largest absolute Gasteiger partial charge is 0.478 e. The van der Waals surface area contributed by atoms with Gasteiger partial charge in [-0.1, -0.05) is 18.2 Å². The van der Waals surface area contributed by atoms with Crippen molar-refractivity contribution in [2.45, 2.75) is 0 Å². The quantitative estimate of drug-likeness (QED) is 0.671. The van der Waals surface area contributed by atoms with E-state index in [9.17, 15) is 9.59 Å². The van der Waals surface area contributed by atoms with Gasteiger partial charge in [-0.25, -0.2) is 9.59 Å². The summed E-state index contributed by atoms with van der Waals surface area (Å²) in [5.41, 5.74) is -0.629. The van der Waals surface area contributed by atoms with Crippen molar-refractivity contribution in [2.24, 2.45) is 0 Å². The molecule has 6 heteroatoms. The zero-order valence-electron chi connectivity index (χ0n) is 13.5. The van der Waals surface area contributed by atoms with Crippen LogP contribution in [0.2, 0.25) is 0 Å². The van der Waals surface area contributed by atoms with E-state index in [4.69, 9.17) is 19.7 Å². The van der Waals surface area contributed by atoms with Gasteiger partial charge in [0.1, 0.15) is 23.0 Å². The van der Waals surface area contributed by atoms with Gasteiger partial charge in [0, 0.05) is 0 Å². The fourth-order valence-corrected chi connectivity index (χ4v) is 2.29. The summed E-state index contributed by atoms with van der Waals surface area (Å²) in [6, 6.07) is 19.9. The molecule has 0 aliphatic heterocycles. The molecule has 26 heavy (non-hydrogen) atoms.